The number of nitrogens with zero attached hydrogens (tertiary/aromatic N) is 5. The van der Waals surface area contributed by atoms with Crippen molar-refractivity contribution < 1.29 is 9.13 Å². The van der Waals surface area contributed by atoms with Crippen LogP contribution < -0.4 is 4.74 Å². The Morgan fingerprint density at radius 2 is 2.17 bits per heavy atom. The van der Waals surface area contributed by atoms with Gasteiger partial charge in [-0.15, -0.1) is 0 Å². The van der Waals surface area contributed by atoms with Crippen molar-refractivity contribution in [2.24, 2.45) is 0 Å². The molecule has 0 unspecified atom stereocenters. The van der Waals surface area contributed by atoms with Crippen LogP contribution in [-0.4, -0.2) is 50.5 Å². The molecule has 6 nitrogen and oxygen atoms in total. The highest BCUT2D eigenvalue weighted by Crippen LogP contribution is 2.22. The largest absolute Gasteiger partial charge is 0.490 e. The number of ether oxygens (including phenoxy) is 1. The predicted octanol–water partition coefficient (Wildman–Crippen LogP) is 1.99. The van der Waals surface area contributed by atoms with E-state index in [4.69, 9.17) is 4.74 Å². The van der Waals surface area contributed by atoms with Crippen molar-refractivity contribution in [3.63, 3.8) is 0 Å². The Labute approximate surface area is 135 Å². The Kier molecular flexibility index (Phi) is 5.17. The summed E-state index contributed by atoms with van der Waals surface area (Å²) in [6.45, 7) is 4.46. The molecule has 0 bridgehead atoms. The second kappa shape index (κ2) is 7.50. The fraction of sp³-hybridized carbons (Fsp3) is 0.562. The second-order valence-electron chi connectivity index (χ2n) is 5.82. The Morgan fingerprint density at radius 1 is 1.35 bits per heavy atom. The molecule has 0 radical (unpaired) electrons. The minimum absolute atomic E-state index is 0.232. The lowest BCUT2D eigenvalue weighted by Gasteiger charge is -2.32. The molecule has 0 aliphatic carbocycles. The zero-order valence-corrected chi connectivity index (χ0v) is 13.4. The van der Waals surface area contributed by atoms with Crippen molar-refractivity contribution in [3.05, 3.63) is 36.2 Å². The fourth-order valence-electron chi connectivity index (χ4n) is 2.84. The van der Waals surface area contributed by atoms with E-state index in [1.54, 1.807) is 10.9 Å². The van der Waals surface area contributed by atoms with Gasteiger partial charge in [0.15, 0.2) is 0 Å². The van der Waals surface area contributed by atoms with Crippen LogP contribution in [0.4, 0.5) is 4.39 Å². The van der Waals surface area contributed by atoms with Gasteiger partial charge in [-0.3, -0.25) is 9.88 Å². The average Bonchev–Trinajstić information content (AvgIpc) is 2.99. The van der Waals surface area contributed by atoms with Gasteiger partial charge >= 0.3 is 0 Å². The van der Waals surface area contributed by atoms with Gasteiger partial charge < -0.3 is 4.74 Å². The number of rotatable bonds is 6. The lowest BCUT2D eigenvalue weighted by molar-refractivity contribution is 0.0938. The molecule has 3 rings (SSSR count). The highest BCUT2D eigenvalue weighted by molar-refractivity contribution is 5.28. The third-order valence-electron chi connectivity index (χ3n) is 4.15. The Hall–Kier alpha value is -2.02. The van der Waals surface area contributed by atoms with Crippen LogP contribution in [-0.2, 0) is 13.1 Å². The van der Waals surface area contributed by atoms with Crippen LogP contribution in [0.25, 0.3) is 0 Å². The van der Waals surface area contributed by atoms with Crippen LogP contribution in [0.5, 0.6) is 5.75 Å². The molecule has 0 aromatic carbocycles. The summed E-state index contributed by atoms with van der Waals surface area (Å²) < 4.78 is 20.2. The summed E-state index contributed by atoms with van der Waals surface area (Å²) in [6, 6.07) is 1.92. The van der Waals surface area contributed by atoms with Gasteiger partial charge in [0, 0.05) is 31.0 Å². The number of pyridine rings is 1. The van der Waals surface area contributed by atoms with Crippen LogP contribution in [0.1, 0.15) is 24.2 Å². The number of hydrogen-bond acceptors (Lipinski definition) is 5. The highest BCUT2D eigenvalue weighted by atomic mass is 19.1. The summed E-state index contributed by atoms with van der Waals surface area (Å²) >= 11 is 0. The topological polar surface area (TPSA) is 56.1 Å². The molecule has 124 valence electrons. The predicted molar refractivity (Wildman–Crippen MR) is 83.9 cm³/mol. The summed E-state index contributed by atoms with van der Waals surface area (Å²) in [5.74, 6) is 1.74. The lowest BCUT2D eigenvalue weighted by Crippen LogP contribution is -2.38. The van der Waals surface area contributed by atoms with Crippen molar-refractivity contribution in [1.29, 1.82) is 0 Å². The van der Waals surface area contributed by atoms with Gasteiger partial charge in [0.2, 0.25) is 0 Å². The maximum absolute atomic E-state index is 12.5. The number of halogens is 1. The van der Waals surface area contributed by atoms with Crippen molar-refractivity contribution >= 4 is 0 Å². The molecule has 0 spiro atoms. The van der Waals surface area contributed by atoms with E-state index in [1.165, 1.54) is 6.33 Å². The molecule has 1 fully saturated rings. The SMILES string of the molecule is Cc1cnccc1OC1CCN(Cc2ncnn2CCF)CC1. The number of piperidine rings is 1. The van der Waals surface area contributed by atoms with Crippen LogP contribution in [0.3, 0.4) is 0 Å². The Morgan fingerprint density at radius 3 is 2.91 bits per heavy atom. The maximum atomic E-state index is 12.5. The molecule has 7 heteroatoms. The summed E-state index contributed by atoms with van der Waals surface area (Å²) in [5.41, 5.74) is 1.06. The molecule has 0 amide bonds. The Bertz CT molecular complexity index is 624. The molecule has 1 saturated heterocycles. The standard InChI is InChI=1S/C16H22FN5O/c1-13-10-18-6-2-15(13)23-14-3-7-21(8-4-14)11-16-19-12-20-22(16)9-5-17/h2,6,10,12,14H,3-5,7-9,11H2,1H3. The molecule has 0 atom stereocenters. The number of aryl methyl sites for hydroxylation is 2. The van der Waals surface area contributed by atoms with E-state index in [0.717, 1.165) is 43.1 Å². The van der Waals surface area contributed by atoms with E-state index in [2.05, 4.69) is 20.0 Å². The third-order valence-corrected chi connectivity index (χ3v) is 4.15. The smallest absolute Gasteiger partial charge is 0.141 e. The van der Waals surface area contributed by atoms with E-state index in [0.29, 0.717) is 6.54 Å². The van der Waals surface area contributed by atoms with Gasteiger partial charge in [-0.25, -0.2) is 14.1 Å². The fourth-order valence-corrected chi connectivity index (χ4v) is 2.84. The van der Waals surface area contributed by atoms with Crippen LogP contribution in [0.2, 0.25) is 0 Å². The first-order valence-corrected chi connectivity index (χ1v) is 7.98. The maximum Gasteiger partial charge on any atom is 0.141 e. The molecule has 0 N–H and O–H groups in total. The molecular weight excluding hydrogens is 297 g/mol. The van der Waals surface area contributed by atoms with Gasteiger partial charge in [-0.2, -0.15) is 5.10 Å². The van der Waals surface area contributed by atoms with Crippen LogP contribution in [0, 0.1) is 6.92 Å². The van der Waals surface area contributed by atoms with Gasteiger partial charge in [-0.1, -0.05) is 0 Å². The van der Waals surface area contributed by atoms with E-state index in [-0.39, 0.29) is 12.6 Å². The zero-order chi connectivity index (χ0) is 16.1. The first-order valence-electron chi connectivity index (χ1n) is 7.98. The van der Waals surface area contributed by atoms with Gasteiger partial charge in [0.1, 0.15) is 30.7 Å². The molecule has 23 heavy (non-hydrogen) atoms. The summed E-state index contributed by atoms with van der Waals surface area (Å²) in [5, 5.41) is 4.06. The number of aromatic nitrogens is 4. The number of alkyl halides is 1. The number of hydrogen-bond donors (Lipinski definition) is 0. The van der Waals surface area contributed by atoms with Crippen molar-refractivity contribution in [1.82, 2.24) is 24.6 Å². The van der Waals surface area contributed by atoms with Gasteiger partial charge in [-0.05, 0) is 25.8 Å². The summed E-state index contributed by atoms with van der Waals surface area (Å²) in [6.07, 6.45) is 7.25. The van der Waals surface area contributed by atoms with E-state index < -0.39 is 6.67 Å². The van der Waals surface area contributed by atoms with E-state index in [9.17, 15) is 4.39 Å². The molecular formula is C16H22FN5O. The quantitative estimate of drug-likeness (QED) is 0.815. The minimum atomic E-state index is -0.419. The average molecular weight is 319 g/mol. The molecule has 2 aromatic heterocycles. The molecule has 1 aliphatic heterocycles. The van der Waals surface area contributed by atoms with Crippen molar-refractivity contribution in [3.8, 4) is 5.75 Å². The highest BCUT2D eigenvalue weighted by Gasteiger charge is 2.22. The third kappa shape index (κ3) is 4.04. The van der Waals surface area contributed by atoms with Gasteiger partial charge in [0.05, 0.1) is 13.1 Å². The van der Waals surface area contributed by atoms with Crippen LogP contribution >= 0.6 is 0 Å². The first-order chi connectivity index (χ1) is 11.3. The van der Waals surface area contributed by atoms with Crippen LogP contribution in [0.15, 0.2) is 24.8 Å². The zero-order valence-electron chi connectivity index (χ0n) is 13.4. The number of likely N-dealkylation sites (tertiary alicyclic amines) is 1. The van der Waals surface area contributed by atoms with E-state index >= 15 is 0 Å². The van der Waals surface area contributed by atoms with E-state index in [1.807, 2.05) is 19.2 Å². The van der Waals surface area contributed by atoms with Crippen molar-refractivity contribution in [2.75, 3.05) is 19.8 Å². The van der Waals surface area contributed by atoms with Gasteiger partial charge in [0.25, 0.3) is 0 Å². The summed E-state index contributed by atoms with van der Waals surface area (Å²) in [7, 11) is 0. The molecule has 0 saturated carbocycles. The Balaban J connectivity index is 1.50. The normalized spacial score (nSPS) is 16.6. The monoisotopic (exact) mass is 319 g/mol. The molecule has 2 aromatic rings. The molecule has 1 aliphatic rings. The minimum Gasteiger partial charge on any atom is -0.490 e. The van der Waals surface area contributed by atoms with Crippen molar-refractivity contribution in [2.45, 2.75) is 39.0 Å². The molecule has 3 heterocycles. The summed E-state index contributed by atoms with van der Waals surface area (Å²) in [4.78, 5) is 10.6. The first kappa shape index (κ1) is 15.9. The lowest BCUT2D eigenvalue weighted by atomic mass is 10.1. The second-order valence-corrected chi connectivity index (χ2v) is 5.82.